The number of aromatic nitrogens is 1. The van der Waals surface area contributed by atoms with Crippen LogP contribution in [0.1, 0.15) is 0 Å². The standard InChI is InChI=1S/C8H7N.Bi/c1-2-4-8-7(3-1)5-6-9-8;/h1-6,9H;. The molecule has 1 heterocycles. The Morgan fingerprint density at radius 2 is 1.80 bits per heavy atom. The number of para-hydroxylation sites is 1. The molecule has 0 aliphatic rings. The Bertz CT molecular complexity index is 283. The second kappa shape index (κ2) is 3.16. The van der Waals surface area contributed by atoms with Gasteiger partial charge in [-0.05, 0) is 17.5 Å². The number of aromatic amines is 1. The predicted octanol–water partition coefficient (Wildman–Crippen LogP) is 1.79. The van der Waals surface area contributed by atoms with Crippen molar-refractivity contribution in [2.24, 2.45) is 0 Å². The third-order valence-electron chi connectivity index (χ3n) is 1.46. The fraction of sp³-hybridized carbons (Fsp3) is 0. The fourth-order valence-corrected chi connectivity index (χ4v) is 0.995. The molecular formula is C8H7BiN. The van der Waals surface area contributed by atoms with Gasteiger partial charge in [-0.25, -0.2) is 0 Å². The molecule has 0 saturated heterocycles. The SMILES string of the molecule is [Bi].c1ccc2[nH]ccc2c1. The van der Waals surface area contributed by atoms with E-state index in [2.05, 4.69) is 23.2 Å². The number of fused-ring (bicyclic) bond motifs is 1. The van der Waals surface area contributed by atoms with Crippen LogP contribution in [0.5, 0.6) is 0 Å². The van der Waals surface area contributed by atoms with Gasteiger partial charge in [0.1, 0.15) is 0 Å². The zero-order valence-electron chi connectivity index (χ0n) is 5.41. The van der Waals surface area contributed by atoms with Crippen LogP contribution in [0, 0.1) is 0 Å². The van der Waals surface area contributed by atoms with Crippen LogP contribution in [0.4, 0.5) is 0 Å². The fourth-order valence-electron chi connectivity index (χ4n) is 0.995. The van der Waals surface area contributed by atoms with E-state index in [1.807, 2.05) is 18.3 Å². The molecule has 2 heteroatoms. The van der Waals surface area contributed by atoms with Gasteiger partial charge in [0.2, 0.25) is 0 Å². The van der Waals surface area contributed by atoms with Gasteiger partial charge >= 0.3 is 0 Å². The van der Waals surface area contributed by atoms with Crippen LogP contribution in [0.2, 0.25) is 0 Å². The molecule has 49 valence electrons. The van der Waals surface area contributed by atoms with Crippen molar-refractivity contribution in [3.05, 3.63) is 36.5 Å². The second-order valence-electron chi connectivity index (χ2n) is 2.06. The van der Waals surface area contributed by atoms with E-state index in [9.17, 15) is 0 Å². The average molecular weight is 326 g/mol. The topological polar surface area (TPSA) is 15.8 Å². The molecule has 0 unspecified atom stereocenters. The Labute approximate surface area is 78.6 Å². The molecule has 1 aromatic carbocycles. The molecule has 0 spiro atoms. The molecule has 1 N–H and O–H groups in total. The number of rotatable bonds is 0. The summed E-state index contributed by atoms with van der Waals surface area (Å²) in [4.78, 5) is 3.12. The average Bonchev–Trinajstić information content (AvgIpc) is 2.33. The van der Waals surface area contributed by atoms with Crippen molar-refractivity contribution in [2.75, 3.05) is 0 Å². The summed E-state index contributed by atoms with van der Waals surface area (Å²) in [5.41, 5.74) is 1.21. The minimum absolute atomic E-state index is 0. The minimum atomic E-state index is 0. The molecule has 0 bridgehead atoms. The van der Waals surface area contributed by atoms with Crippen LogP contribution in [-0.2, 0) is 0 Å². The number of nitrogens with one attached hydrogen (secondary N) is 1. The van der Waals surface area contributed by atoms with Crippen LogP contribution >= 0.6 is 0 Å². The summed E-state index contributed by atoms with van der Waals surface area (Å²) in [5, 5.41) is 1.28. The van der Waals surface area contributed by atoms with Crippen LogP contribution < -0.4 is 0 Å². The molecule has 0 amide bonds. The van der Waals surface area contributed by atoms with Crippen molar-refractivity contribution in [2.45, 2.75) is 0 Å². The Kier molecular flexibility index (Phi) is 2.45. The van der Waals surface area contributed by atoms with Gasteiger partial charge in [0.25, 0.3) is 0 Å². The zero-order chi connectivity index (χ0) is 6.10. The van der Waals surface area contributed by atoms with E-state index in [0.717, 1.165) is 0 Å². The van der Waals surface area contributed by atoms with Crippen LogP contribution in [0.3, 0.4) is 0 Å². The summed E-state index contributed by atoms with van der Waals surface area (Å²) in [5.74, 6) is 0. The molecule has 1 aromatic heterocycles. The predicted molar refractivity (Wildman–Crippen MR) is 44.1 cm³/mol. The first-order chi connectivity index (χ1) is 4.47. The maximum absolute atomic E-state index is 3.12. The molecule has 1 nitrogen and oxygen atoms in total. The Morgan fingerprint density at radius 1 is 1.00 bits per heavy atom. The van der Waals surface area contributed by atoms with Gasteiger partial charge < -0.3 is 4.98 Å². The first kappa shape index (κ1) is 7.75. The molecule has 10 heavy (non-hydrogen) atoms. The van der Waals surface area contributed by atoms with Crippen molar-refractivity contribution in [1.82, 2.24) is 4.98 Å². The first-order valence-electron chi connectivity index (χ1n) is 2.99. The quantitative estimate of drug-likeness (QED) is 0.711. The summed E-state index contributed by atoms with van der Waals surface area (Å²) in [6, 6.07) is 10.3. The van der Waals surface area contributed by atoms with Crippen LogP contribution in [-0.4, -0.2) is 31.2 Å². The second-order valence-corrected chi connectivity index (χ2v) is 2.06. The minimum Gasteiger partial charge on any atom is -0.361 e. The van der Waals surface area contributed by atoms with Crippen molar-refractivity contribution < 1.29 is 0 Å². The number of hydrogen-bond donors (Lipinski definition) is 1. The summed E-state index contributed by atoms with van der Waals surface area (Å²) in [6.07, 6.45) is 1.95. The van der Waals surface area contributed by atoms with E-state index in [4.69, 9.17) is 0 Å². The molecule has 0 aliphatic heterocycles. The molecule has 3 radical (unpaired) electrons. The normalized spacial score (nSPS) is 9.20. The van der Waals surface area contributed by atoms with Gasteiger partial charge in [-0.15, -0.1) is 0 Å². The number of H-pyrrole nitrogens is 1. The molecule has 0 fully saturated rings. The van der Waals surface area contributed by atoms with E-state index in [1.165, 1.54) is 10.9 Å². The van der Waals surface area contributed by atoms with Gasteiger partial charge in [-0.2, -0.15) is 0 Å². The first-order valence-corrected chi connectivity index (χ1v) is 2.99. The monoisotopic (exact) mass is 326 g/mol. The Hall–Kier alpha value is -0.357. The third-order valence-corrected chi connectivity index (χ3v) is 1.46. The van der Waals surface area contributed by atoms with Gasteiger partial charge in [0.15, 0.2) is 0 Å². The van der Waals surface area contributed by atoms with Gasteiger partial charge in [0.05, 0.1) is 0 Å². The van der Waals surface area contributed by atoms with E-state index < -0.39 is 0 Å². The van der Waals surface area contributed by atoms with E-state index >= 15 is 0 Å². The maximum atomic E-state index is 3.12. The van der Waals surface area contributed by atoms with E-state index in [0.29, 0.717) is 0 Å². The van der Waals surface area contributed by atoms with Crippen molar-refractivity contribution in [1.29, 1.82) is 0 Å². The molecule has 0 saturated carbocycles. The third kappa shape index (κ3) is 1.22. The number of benzene rings is 1. The van der Waals surface area contributed by atoms with E-state index in [-0.39, 0.29) is 26.2 Å². The van der Waals surface area contributed by atoms with Gasteiger partial charge in [-0.3, -0.25) is 0 Å². The smallest absolute Gasteiger partial charge is 0.0453 e. The molecule has 2 aromatic rings. The Balaban J connectivity index is 0.000000500. The Morgan fingerprint density at radius 3 is 2.60 bits per heavy atom. The van der Waals surface area contributed by atoms with Crippen molar-refractivity contribution in [3.8, 4) is 0 Å². The zero-order valence-corrected chi connectivity index (χ0v) is 8.89. The maximum Gasteiger partial charge on any atom is 0.0453 e. The van der Waals surface area contributed by atoms with Crippen molar-refractivity contribution >= 4 is 37.1 Å². The van der Waals surface area contributed by atoms with Gasteiger partial charge in [-0.1, -0.05) is 18.2 Å². The van der Waals surface area contributed by atoms with E-state index in [1.54, 1.807) is 0 Å². The molecule has 2 rings (SSSR count). The molecule has 0 aliphatic carbocycles. The summed E-state index contributed by atoms with van der Waals surface area (Å²) < 4.78 is 0. The van der Waals surface area contributed by atoms with Gasteiger partial charge in [0, 0.05) is 37.9 Å². The summed E-state index contributed by atoms with van der Waals surface area (Å²) >= 11 is 0. The summed E-state index contributed by atoms with van der Waals surface area (Å²) in [7, 11) is 0. The van der Waals surface area contributed by atoms with Crippen molar-refractivity contribution in [3.63, 3.8) is 0 Å². The molecule has 0 atom stereocenters. The van der Waals surface area contributed by atoms with Crippen LogP contribution in [0.25, 0.3) is 10.9 Å². The largest absolute Gasteiger partial charge is 0.361 e. The molecular weight excluding hydrogens is 319 g/mol. The number of hydrogen-bond acceptors (Lipinski definition) is 0. The van der Waals surface area contributed by atoms with Crippen LogP contribution in [0.15, 0.2) is 36.5 Å². The summed E-state index contributed by atoms with van der Waals surface area (Å²) in [6.45, 7) is 0.